The molecule has 2 aromatic rings. The van der Waals surface area contributed by atoms with E-state index in [9.17, 15) is 19.5 Å². The maximum atomic E-state index is 13.0. The summed E-state index contributed by atoms with van der Waals surface area (Å²) in [6, 6.07) is 8.95. The lowest BCUT2D eigenvalue weighted by atomic mass is 10.0. The highest BCUT2D eigenvalue weighted by molar-refractivity contribution is 5.94. The Morgan fingerprint density at radius 2 is 1.91 bits per heavy atom. The predicted molar refractivity (Wildman–Crippen MR) is 128 cm³/mol. The number of rotatable bonds is 8. The Hall–Kier alpha value is -3.46. The molecule has 1 atom stereocenters. The Morgan fingerprint density at radius 1 is 1.12 bits per heavy atom. The second-order valence-corrected chi connectivity index (χ2v) is 8.93. The second-order valence-electron chi connectivity index (χ2n) is 8.93. The minimum atomic E-state index is -1.01. The van der Waals surface area contributed by atoms with Gasteiger partial charge in [0.15, 0.2) is 0 Å². The molecule has 1 aromatic carbocycles. The zero-order valence-corrected chi connectivity index (χ0v) is 19.4. The van der Waals surface area contributed by atoms with Gasteiger partial charge in [0.1, 0.15) is 0 Å². The van der Waals surface area contributed by atoms with E-state index in [1.54, 1.807) is 34.3 Å². The minimum absolute atomic E-state index is 0.104. The zero-order chi connectivity index (χ0) is 24.1. The first-order chi connectivity index (χ1) is 16.4. The molecule has 2 N–H and O–H groups in total. The first-order valence-electron chi connectivity index (χ1n) is 11.7. The van der Waals surface area contributed by atoms with Crippen molar-refractivity contribution < 1.29 is 19.5 Å². The first kappa shape index (κ1) is 23.7. The van der Waals surface area contributed by atoms with Crippen molar-refractivity contribution in [3.8, 4) is 0 Å². The van der Waals surface area contributed by atoms with Crippen LogP contribution in [0.25, 0.3) is 0 Å². The van der Waals surface area contributed by atoms with Crippen LogP contribution in [0.3, 0.4) is 0 Å². The van der Waals surface area contributed by atoms with Gasteiger partial charge in [0, 0.05) is 57.2 Å². The van der Waals surface area contributed by atoms with Gasteiger partial charge >= 0.3 is 12.0 Å². The Bertz CT molecular complexity index is 1040. The summed E-state index contributed by atoms with van der Waals surface area (Å²) in [5.41, 5.74) is 4.18. The fourth-order valence-electron chi connectivity index (χ4n) is 4.53. The van der Waals surface area contributed by atoms with Gasteiger partial charge in [-0.1, -0.05) is 12.1 Å². The highest BCUT2D eigenvalue weighted by atomic mass is 16.4. The third kappa shape index (κ3) is 5.72. The lowest BCUT2D eigenvalue weighted by Crippen LogP contribution is -2.36. The number of carboxylic acid groups (broad SMARTS) is 1. The van der Waals surface area contributed by atoms with Crippen LogP contribution in [0.2, 0.25) is 0 Å². The Kier molecular flexibility index (Phi) is 7.42. The van der Waals surface area contributed by atoms with Gasteiger partial charge in [-0.25, -0.2) is 4.79 Å². The predicted octanol–water partition coefficient (Wildman–Crippen LogP) is 2.08. The van der Waals surface area contributed by atoms with E-state index in [1.807, 2.05) is 6.07 Å². The molecule has 0 bridgehead atoms. The minimum Gasteiger partial charge on any atom is -0.481 e. The molecule has 1 fully saturated rings. The molecule has 3 amide bonds. The third-order valence-electron chi connectivity index (χ3n) is 6.53. The van der Waals surface area contributed by atoms with E-state index in [-0.39, 0.29) is 31.3 Å². The number of urea groups is 1. The van der Waals surface area contributed by atoms with E-state index in [1.165, 1.54) is 11.1 Å². The summed E-state index contributed by atoms with van der Waals surface area (Å²) in [7, 11) is 2.13. The van der Waals surface area contributed by atoms with E-state index in [2.05, 4.69) is 34.4 Å². The number of aliphatic carboxylic acids is 1. The number of anilines is 1. The van der Waals surface area contributed by atoms with E-state index >= 15 is 0 Å². The molecule has 0 radical (unpaired) electrons. The lowest BCUT2D eigenvalue weighted by Gasteiger charge is -2.21. The van der Waals surface area contributed by atoms with Crippen LogP contribution in [0.5, 0.6) is 0 Å². The number of hydrogen-bond acceptors (Lipinski definition) is 5. The van der Waals surface area contributed by atoms with Crippen LogP contribution >= 0.6 is 0 Å². The maximum Gasteiger partial charge on any atom is 0.324 e. The number of carbonyl (C=O) groups excluding carboxylic acids is 2. The molecule has 0 spiro atoms. The largest absolute Gasteiger partial charge is 0.481 e. The van der Waals surface area contributed by atoms with Crippen molar-refractivity contribution in [3.63, 3.8) is 0 Å². The van der Waals surface area contributed by atoms with Gasteiger partial charge in [-0.3, -0.25) is 19.5 Å². The van der Waals surface area contributed by atoms with Gasteiger partial charge in [0.2, 0.25) is 5.91 Å². The fourth-order valence-corrected chi connectivity index (χ4v) is 4.53. The molecule has 9 heteroatoms. The van der Waals surface area contributed by atoms with Crippen molar-refractivity contribution in [3.05, 3.63) is 59.4 Å². The van der Waals surface area contributed by atoms with Crippen LogP contribution < -0.4 is 10.2 Å². The number of hydrogen-bond donors (Lipinski definition) is 2. The molecular formula is C25H31N5O4. The van der Waals surface area contributed by atoms with Gasteiger partial charge in [-0.05, 0) is 54.8 Å². The average molecular weight is 466 g/mol. The second kappa shape index (κ2) is 10.6. The summed E-state index contributed by atoms with van der Waals surface area (Å²) < 4.78 is 0. The summed E-state index contributed by atoms with van der Waals surface area (Å²) in [6.07, 6.45) is 5.00. The molecule has 2 aliphatic heterocycles. The topological polar surface area (TPSA) is 106 Å². The SMILES string of the molecule is CN1CCc2ccc(N3CCN(CCC(=O)NC(CC(=O)O)c4cccnc4)C3=O)cc2CC1. The number of benzene rings is 1. The summed E-state index contributed by atoms with van der Waals surface area (Å²) in [6.45, 7) is 3.46. The average Bonchev–Trinajstić information content (AvgIpc) is 3.09. The number of fused-ring (bicyclic) bond motifs is 1. The van der Waals surface area contributed by atoms with Crippen LogP contribution in [0.1, 0.15) is 35.6 Å². The third-order valence-corrected chi connectivity index (χ3v) is 6.53. The number of nitrogens with one attached hydrogen (secondary N) is 1. The molecule has 2 aliphatic rings. The molecule has 3 heterocycles. The number of aromatic nitrogens is 1. The number of nitrogens with zero attached hydrogens (tertiary/aromatic N) is 4. The van der Waals surface area contributed by atoms with Crippen molar-refractivity contribution in [1.82, 2.24) is 20.1 Å². The van der Waals surface area contributed by atoms with Gasteiger partial charge in [-0.2, -0.15) is 0 Å². The van der Waals surface area contributed by atoms with E-state index in [0.717, 1.165) is 31.6 Å². The zero-order valence-electron chi connectivity index (χ0n) is 19.4. The molecule has 0 saturated carbocycles. The Labute approximate surface area is 199 Å². The monoisotopic (exact) mass is 465 g/mol. The smallest absolute Gasteiger partial charge is 0.324 e. The van der Waals surface area contributed by atoms with Gasteiger partial charge < -0.3 is 20.2 Å². The van der Waals surface area contributed by atoms with E-state index in [4.69, 9.17) is 0 Å². The lowest BCUT2D eigenvalue weighted by molar-refractivity contribution is -0.137. The van der Waals surface area contributed by atoms with Crippen LogP contribution in [0.15, 0.2) is 42.7 Å². The van der Waals surface area contributed by atoms with E-state index in [0.29, 0.717) is 18.7 Å². The number of likely N-dealkylation sites (N-methyl/N-ethyl adjacent to an activating group) is 1. The molecular weight excluding hydrogens is 434 g/mol. The molecule has 1 saturated heterocycles. The molecule has 1 unspecified atom stereocenters. The molecule has 1 aromatic heterocycles. The summed E-state index contributed by atoms with van der Waals surface area (Å²) >= 11 is 0. The van der Waals surface area contributed by atoms with Gasteiger partial charge in [-0.15, -0.1) is 0 Å². The summed E-state index contributed by atoms with van der Waals surface area (Å²) in [5, 5.41) is 12.0. The standard InChI is InChI=1S/C25H31N5O4/c1-28-10-6-18-4-5-21(15-19(18)7-11-28)30-14-13-29(25(30)34)12-8-23(31)27-22(16-24(32)33)20-3-2-9-26-17-20/h2-5,9,15,17,22H,6-8,10-14,16H2,1H3,(H,27,31)(H,32,33). The van der Waals surface area contributed by atoms with Crippen LogP contribution in [0, 0.1) is 0 Å². The quantitative estimate of drug-likeness (QED) is 0.618. The highest BCUT2D eigenvalue weighted by Gasteiger charge is 2.30. The first-order valence-corrected chi connectivity index (χ1v) is 11.7. The van der Waals surface area contributed by atoms with Gasteiger partial charge in [0.25, 0.3) is 0 Å². The number of carboxylic acids is 1. The highest BCUT2D eigenvalue weighted by Crippen LogP contribution is 2.26. The van der Waals surface area contributed by atoms with Crippen molar-refractivity contribution >= 4 is 23.6 Å². The molecule has 9 nitrogen and oxygen atoms in total. The molecule has 0 aliphatic carbocycles. The fraction of sp³-hybridized carbons (Fsp3) is 0.440. The Morgan fingerprint density at radius 3 is 2.65 bits per heavy atom. The number of pyridine rings is 1. The van der Waals surface area contributed by atoms with Crippen LogP contribution in [-0.4, -0.2) is 77.6 Å². The van der Waals surface area contributed by atoms with Crippen molar-refractivity contribution in [2.24, 2.45) is 0 Å². The molecule has 34 heavy (non-hydrogen) atoms. The van der Waals surface area contributed by atoms with E-state index < -0.39 is 12.0 Å². The van der Waals surface area contributed by atoms with Crippen molar-refractivity contribution in [2.45, 2.75) is 31.7 Å². The van der Waals surface area contributed by atoms with Crippen molar-refractivity contribution in [2.75, 3.05) is 44.7 Å². The molecule has 180 valence electrons. The maximum absolute atomic E-state index is 13.0. The van der Waals surface area contributed by atoms with Gasteiger partial charge in [0.05, 0.1) is 12.5 Å². The van der Waals surface area contributed by atoms with Crippen molar-refractivity contribution in [1.29, 1.82) is 0 Å². The summed E-state index contributed by atoms with van der Waals surface area (Å²) in [4.78, 5) is 46.6. The Balaban J connectivity index is 1.34. The van der Waals surface area contributed by atoms with Crippen LogP contribution in [0.4, 0.5) is 10.5 Å². The normalized spacial score (nSPS) is 17.3. The molecule has 4 rings (SSSR count). The van der Waals surface area contributed by atoms with Crippen LogP contribution in [-0.2, 0) is 22.4 Å². The number of amides is 3. The number of carbonyl (C=O) groups is 3. The summed E-state index contributed by atoms with van der Waals surface area (Å²) in [5.74, 6) is -1.30.